The summed E-state index contributed by atoms with van der Waals surface area (Å²) in [5, 5.41) is 11.9. The van der Waals surface area contributed by atoms with Gasteiger partial charge in [-0.2, -0.15) is 5.26 Å². The number of pyridine rings is 1. The molecule has 6 nitrogen and oxygen atoms in total. The number of nitrogens with zero attached hydrogens (tertiary/aromatic N) is 4. The van der Waals surface area contributed by atoms with Gasteiger partial charge >= 0.3 is 6.03 Å². The van der Waals surface area contributed by atoms with Crippen LogP contribution < -0.4 is 10.2 Å². The Morgan fingerprint density at radius 2 is 2.39 bits per heavy atom. The van der Waals surface area contributed by atoms with E-state index in [1.165, 1.54) is 0 Å². The van der Waals surface area contributed by atoms with Gasteiger partial charge in [0.2, 0.25) is 0 Å². The van der Waals surface area contributed by atoms with Crippen molar-refractivity contribution in [2.24, 2.45) is 0 Å². The number of hydrogen-bond donors (Lipinski definition) is 1. The number of aromatic nitrogens is 1. The van der Waals surface area contributed by atoms with Gasteiger partial charge in [0.1, 0.15) is 11.9 Å². The second-order valence-corrected chi connectivity index (χ2v) is 4.47. The van der Waals surface area contributed by atoms with Crippen LogP contribution in [0.25, 0.3) is 0 Å². The second kappa shape index (κ2) is 4.18. The molecule has 1 aromatic heterocycles. The van der Waals surface area contributed by atoms with Gasteiger partial charge in [0.05, 0.1) is 11.6 Å². The number of carbonyl (C=O) groups excluding carboxylic acids is 1. The highest BCUT2D eigenvalue weighted by molar-refractivity contribution is 5.77. The van der Waals surface area contributed by atoms with Gasteiger partial charge in [0.25, 0.3) is 0 Å². The first-order valence-corrected chi connectivity index (χ1v) is 5.94. The summed E-state index contributed by atoms with van der Waals surface area (Å²) in [5.41, 5.74) is 0.586. The van der Waals surface area contributed by atoms with Crippen molar-refractivity contribution in [2.75, 3.05) is 31.1 Å². The van der Waals surface area contributed by atoms with Crippen LogP contribution in [0.15, 0.2) is 18.3 Å². The highest BCUT2D eigenvalue weighted by Crippen LogP contribution is 2.22. The normalized spacial score (nSPS) is 22.4. The molecule has 2 aliphatic rings. The second-order valence-electron chi connectivity index (χ2n) is 4.47. The third-order valence-electron chi connectivity index (χ3n) is 3.44. The number of nitriles is 1. The van der Waals surface area contributed by atoms with Gasteiger partial charge in [-0.25, -0.2) is 9.78 Å². The fourth-order valence-corrected chi connectivity index (χ4v) is 2.53. The van der Waals surface area contributed by atoms with Gasteiger partial charge in [0.15, 0.2) is 0 Å². The first-order valence-electron chi connectivity index (χ1n) is 5.94. The molecule has 2 amide bonds. The minimum atomic E-state index is 0.0150. The van der Waals surface area contributed by atoms with Crippen LogP contribution in [0.5, 0.6) is 0 Å². The topological polar surface area (TPSA) is 72.3 Å². The van der Waals surface area contributed by atoms with E-state index in [0.29, 0.717) is 18.7 Å². The maximum absolute atomic E-state index is 11.5. The quantitative estimate of drug-likeness (QED) is 0.763. The summed E-state index contributed by atoms with van der Waals surface area (Å²) in [6.45, 7) is 2.79. The molecule has 18 heavy (non-hydrogen) atoms. The maximum Gasteiger partial charge on any atom is 0.317 e. The zero-order valence-corrected chi connectivity index (χ0v) is 9.83. The van der Waals surface area contributed by atoms with Crippen LogP contribution in [0.2, 0.25) is 0 Å². The summed E-state index contributed by atoms with van der Waals surface area (Å²) in [6, 6.07) is 5.89. The Hall–Kier alpha value is -2.29. The number of nitrogens with one attached hydrogen (secondary N) is 1. The summed E-state index contributed by atoms with van der Waals surface area (Å²) < 4.78 is 0. The van der Waals surface area contributed by atoms with Gasteiger partial charge in [-0.15, -0.1) is 0 Å². The first kappa shape index (κ1) is 10.8. The lowest BCUT2D eigenvalue weighted by atomic mass is 10.1. The number of amides is 2. The van der Waals surface area contributed by atoms with Gasteiger partial charge in [-0.05, 0) is 12.1 Å². The monoisotopic (exact) mass is 243 g/mol. The molecule has 2 fully saturated rings. The standard InChI is InChI=1S/C12H13N5O/c13-6-9-2-1-3-14-11(9)16-4-5-17-10(8-16)7-15-12(17)18/h1-3,10H,4-5,7-8H2,(H,15,18). The summed E-state index contributed by atoms with van der Waals surface area (Å²) in [7, 11) is 0. The fourth-order valence-electron chi connectivity index (χ4n) is 2.53. The Morgan fingerprint density at radius 3 is 3.22 bits per heavy atom. The van der Waals surface area contributed by atoms with E-state index in [4.69, 9.17) is 5.26 Å². The van der Waals surface area contributed by atoms with E-state index in [1.807, 2.05) is 4.90 Å². The molecule has 6 heteroatoms. The smallest absolute Gasteiger partial charge is 0.317 e. The summed E-state index contributed by atoms with van der Waals surface area (Å²) in [4.78, 5) is 19.7. The lowest BCUT2D eigenvalue weighted by molar-refractivity contribution is 0.197. The molecule has 1 N–H and O–H groups in total. The molecule has 0 bridgehead atoms. The van der Waals surface area contributed by atoms with Gasteiger partial charge in [-0.3, -0.25) is 0 Å². The van der Waals surface area contributed by atoms with Crippen molar-refractivity contribution in [3.05, 3.63) is 23.9 Å². The van der Waals surface area contributed by atoms with Crippen molar-refractivity contribution < 1.29 is 4.79 Å². The van der Waals surface area contributed by atoms with Crippen molar-refractivity contribution in [3.63, 3.8) is 0 Å². The predicted octanol–water partition coefficient (Wildman–Crippen LogP) is 0.167. The molecule has 0 aliphatic carbocycles. The van der Waals surface area contributed by atoms with Crippen LogP contribution in [0.3, 0.4) is 0 Å². The molecular weight excluding hydrogens is 230 g/mol. The summed E-state index contributed by atoms with van der Waals surface area (Å²) in [6.07, 6.45) is 1.70. The molecule has 0 saturated carbocycles. The molecule has 3 heterocycles. The highest BCUT2D eigenvalue weighted by Gasteiger charge is 2.36. The number of piperazine rings is 1. The number of carbonyl (C=O) groups is 1. The van der Waals surface area contributed by atoms with Gasteiger partial charge < -0.3 is 15.1 Å². The predicted molar refractivity (Wildman–Crippen MR) is 65.1 cm³/mol. The molecule has 0 radical (unpaired) electrons. The summed E-state index contributed by atoms with van der Waals surface area (Å²) >= 11 is 0. The van der Waals surface area contributed by atoms with Crippen LogP contribution >= 0.6 is 0 Å². The van der Waals surface area contributed by atoms with Crippen LogP contribution in [0.1, 0.15) is 5.56 Å². The van der Waals surface area contributed by atoms with E-state index < -0.39 is 0 Å². The zero-order valence-electron chi connectivity index (χ0n) is 9.83. The van der Waals surface area contributed by atoms with E-state index >= 15 is 0 Å². The molecule has 0 spiro atoms. The zero-order chi connectivity index (χ0) is 12.5. The SMILES string of the molecule is N#Cc1cccnc1N1CCN2C(=O)NCC2C1. The lowest BCUT2D eigenvalue weighted by Crippen LogP contribution is -2.52. The molecule has 1 unspecified atom stereocenters. The first-order chi connectivity index (χ1) is 8.79. The largest absolute Gasteiger partial charge is 0.352 e. The number of rotatable bonds is 1. The maximum atomic E-state index is 11.5. The van der Waals surface area contributed by atoms with E-state index in [2.05, 4.69) is 21.3 Å². The van der Waals surface area contributed by atoms with Gasteiger partial charge in [-0.1, -0.05) is 0 Å². The van der Waals surface area contributed by atoms with Crippen molar-refractivity contribution in [3.8, 4) is 6.07 Å². The average Bonchev–Trinajstić information content (AvgIpc) is 2.80. The molecule has 92 valence electrons. The molecule has 0 aromatic carbocycles. The van der Waals surface area contributed by atoms with Crippen molar-refractivity contribution in [1.29, 1.82) is 5.26 Å². The molecule has 2 saturated heterocycles. The van der Waals surface area contributed by atoms with E-state index in [0.717, 1.165) is 18.9 Å². The van der Waals surface area contributed by atoms with E-state index in [9.17, 15) is 4.79 Å². The molecular formula is C12H13N5O. The number of fused-ring (bicyclic) bond motifs is 1. The van der Waals surface area contributed by atoms with E-state index in [-0.39, 0.29) is 12.1 Å². The van der Waals surface area contributed by atoms with Crippen LogP contribution in [-0.2, 0) is 0 Å². The van der Waals surface area contributed by atoms with Crippen molar-refractivity contribution in [2.45, 2.75) is 6.04 Å². The Bertz CT molecular complexity index is 523. The Morgan fingerprint density at radius 1 is 1.50 bits per heavy atom. The lowest BCUT2D eigenvalue weighted by Gasteiger charge is -2.37. The Kier molecular flexibility index (Phi) is 2.52. The molecule has 2 aliphatic heterocycles. The third kappa shape index (κ3) is 1.64. The Labute approximate surface area is 105 Å². The van der Waals surface area contributed by atoms with Crippen LogP contribution in [0.4, 0.5) is 10.6 Å². The molecule has 3 rings (SSSR count). The molecule has 1 aromatic rings. The summed E-state index contributed by atoms with van der Waals surface area (Å²) in [5.74, 6) is 0.721. The average molecular weight is 243 g/mol. The number of anilines is 1. The molecule has 1 atom stereocenters. The fraction of sp³-hybridized carbons (Fsp3) is 0.417. The van der Waals surface area contributed by atoms with Crippen LogP contribution in [0, 0.1) is 11.3 Å². The van der Waals surface area contributed by atoms with E-state index in [1.54, 1.807) is 18.3 Å². The third-order valence-corrected chi connectivity index (χ3v) is 3.44. The van der Waals surface area contributed by atoms with Crippen molar-refractivity contribution >= 4 is 11.8 Å². The Balaban J connectivity index is 1.83. The van der Waals surface area contributed by atoms with Crippen LogP contribution in [-0.4, -0.2) is 48.1 Å². The van der Waals surface area contributed by atoms with Gasteiger partial charge in [0, 0.05) is 32.4 Å². The highest BCUT2D eigenvalue weighted by atomic mass is 16.2. The number of urea groups is 1. The minimum absolute atomic E-state index is 0.0150. The van der Waals surface area contributed by atoms with Crippen molar-refractivity contribution in [1.82, 2.24) is 15.2 Å². The number of hydrogen-bond acceptors (Lipinski definition) is 4. The minimum Gasteiger partial charge on any atom is -0.352 e.